The summed E-state index contributed by atoms with van der Waals surface area (Å²) in [6.07, 6.45) is 0.561. The number of benzene rings is 1. The van der Waals surface area contributed by atoms with Gasteiger partial charge >= 0.3 is 5.97 Å². The van der Waals surface area contributed by atoms with E-state index in [1.54, 1.807) is 12.1 Å². The zero-order chi connectivity index (χ0) is 9.84. The van der Waals surface area contributed by atoms with Crippen molar-refractivity contribution in [3.05, 3.63) is 41.1 Å². The minimum Gasteiger partial charge on any atom is -0.515 e. The molecule has 0 bridgehead atoms. The van der Waals surface area contributed by atoms with Crippen molar-refractivity contribution >= 4 is 23.1 Å². The summed E-state index contributed by atoms with van der Waals surface area (Å²) in [5, 5.41) is 17.8. The van der Waals surface area contributed by atoms with Crippen LogP contribution in [0.3, 0.4) is 0 Å². The van der Waals surface area contributed by atoms with Gasteiger partial charge in [0.05, 0.1) is 6.26 Å². The fourth-order valence-electron chi connectivity index (χ4n) is 0.883. The monoisotopic (exact) mass is 198 g/mol. The van der Waals surface area contributed by atoms with Crippen molar-refractivity contribution in [2.45, 2.75) is 0 Å². The predicted molar refractivity (Wildman–Crippen MR) is 49.7 cm³/mol. The van der Waals surface area contributed by atoms with Gasteiger partial charge in [0, 0.05) is 5.02 Å². The number of rotatable bonds is 2. The van der Waals surface area contributed by atoms with Gasteiger partial charge < -0.3 is 10.2 Å². The zero-order valence-electron chi connectivity index (χ0n) is 6.57. The largest absolute Gasteiger partial charge is 0.515 e. The number of aliphatic hydroxyl groups is 1. The summed E-state index contributed by atoms with van der Waals surface area (Å²) in [5.74, 6) is -1.18. The van der Waals surface area contributed by atoms with Gasteiger partial charge in [-0.2, -0.15) is 0 Å². The van der Waals surface area contributed by atoms with E-state index in [4.69, 9.17) is 21.8 Å². The molecule has 2 N–H and O–H groups in total. The second-order valence-electron chi connectivity index (χ2n) is 2.35. The van der Waals surface area contributed by atoms with Crippen LogP contribution in [0.25, 0.3) is 5.57 Å². The van der Waals surface area contributed by atoms with E-state index in [1.165, 1.54) is 12.1 Å². The quantitative estimate of drug-likeness (QED) is 0.567. The van der Waals surface area contributed by atoms with Gasteiger partial charge in [0.1, 0.15) is 5.57 Å². The molecule has 0 heterocycles. The molecule has 0 aromatic heterocycles. The maximum atomic E-state index is 10.6. The Bertz CT molecular complexity index is 340. The molecule has 1 aromatic carbocycles. The minimum absolute atomic E-state index is 0.156. The van der Waals surface area contributed by atoms with Gasteiger partial charge in [-0.1, -0.05) is 23.7 Å². The number of hydrogen-bond acceptors (Lipinski definition) is 2. The van der Waals surface area contributed by atoms with Gasteiger partial charge in [0.25, 0.3) is 0 Å². The lowest BCUT2D eigenvalue weighted by molar-refractivity contribution is -0.130. The highest BCUT2D eigenvalue weighted by Gasteiger charge is 2.09. The average Bonchev–Trinajstić information content (AvgIpc) is 2.09. The normalized spacial score (nSPS) is 11.3. The van der Waals surface area contributed by atoms with Gasteiger partial charge in [-0.25, -0.2) is 4.79 Å². The summed E-state index contributed by atoms with van der Waals surface area (Å²) >= 11 is 5.61. The summed E-state index contributed by atoms with van der Waals surface area (Å²) in [4.78, 5) is 10.6. The number of carboxylic acid groups (broad SMARTS) is 1. The molecule has 1 rings (SSSR count). The van der Waals surface area contributed by atoms with Gasteiger partial charge in [0.2, 0.25) is 0 Å². The Morgan fingerprint density at radius 2 is 1.85 bits per heavy atom. The van der Waals surface area contributed by atoms with Gasteiger partial charge in [-0.3, -0.25) is 0 Å². The van der Waals surface area contributed by atoms with E-state index in [0.29, 0.717) is 16.8 Å². The van der Waals surface area contributed by atoms with E-state index in [-0.39, 0.29) is 5.57 Å². The molecule has 0 aliphatic heterocycles. The van der Waals surface area contributed by atoms with Crippen LogP contribution in [0.15, 0.2) is 30.5 Å². The van der Waals surface area contributed by atoms with Crippen molar-refractivity contribution in [3.8, 4) is 0 Å². The number of halogens is 1. The van der Waals surface area contributed by atoms with Crippen LogP contribution < -0.4 is 0 Å². The molecule has 0 aliphatic rings. The molecule has 0 aliphatic carbocycles. The Labute approximate surface area is 79.9 Å². The van der Waals surface area contributed by atoms with E-state index in [1.807, 2.05) is 0 Å². The van der Waals surface area contributed by atoms with Crippen LogP contribution in [0.2, 0.25) is 5.02 Å². The highest BCUT2D eigenvalue weighted by molar-refractivity contribution is 6.30. The first kappa shape index (κ1) is 9.61. The highest BCUT2D eigenvalue weighted by atomic mass is 35.5. The molecular formula is C9H7ClO3. The second kappa shape index (κ2) is 3.96. The topological polar surface area (TPSA) is 57.5 Å². The van der Waals surface area contributed by atoms with Crippen LogP contribution in [0.4, 0.5) is 0 Å². The highest BCUT2D eigenvalue weighted by Crippen LogP contribution is 2.16. The minimum atomic E-state index is -1.18. The lowest BCUT2D eigenvalue weighted by atomic mass is 10.1. The van der Waals surface area contributed by atoms with E-state index in [2.05, 4.69) is 0 Å². The Morgan fingerprint density at radius 3 is 2.23 bits per heavy atom. The van der Waals surface area contributed by atoms with Crippen LogP contribution in [0.5, 0.6) is 0 Å². The molecule has 1 aromatic rings. The van der Waals surface area contributed by atoms with Crippen molar-refractivity contribution in [2.24, 2.45) is 0 Å². The average molecular weight is 199 g/mol. The molecule has 0 atom stereocenters. The molecule has 4 heteroatoms. The van der Waals surface area contributed by atoms with E-state index in [9.17, 15) is 4.79 Å². The lowest BCUT2D eigenvalue weighted by Crippen LogP contribution is -1.99. The van der Waals surface area contributed by atoms with Crippen LogP contribution in [-0.4, -0.2) is 16.2 Å². The van der Waals surface area contributed by atoms with Crippen LogP contribution in [0.1, 0.15) is 5.56 Å². The van der Waals surface area contributed by atoms with E-state index < -0.39 is 5.97 Å². The molecule has 0 fully saturated rings. The fraction of sp³-hybridized carbons (Fsp3) is 0. The predicted octanol–water partition coefficient (Wildman–Crippen LogP) is 2.32. The lowest BCUT2D eigenvalue weighted by Gasteiger charge is -1.99. The Morgan fingerprint density at radius 1 is 1.31 bits per heavy atom. The molecule has 13 heavy (non-hydrogen) atoms. The smallest absolute Gasteiger partial charge is 0.339 e. The third kappa shape index (κ3) is 2.23. The van der Waals surface area contributed by atoms with E-state index >= 15 is 0 Å². The number of aliphatic hydroxyl groups excluding tert-OH is 1. The zero-order valence-corrected chi connectivity index (χ0v) is 7.32. The first-order chi connectivity index (χ1) is 6.15. The maximum absolute atomic E-state index is 10.6. The Kier molecular flexibility index (Phi) is 2.93. The summed E-state index contributed by atoms with van der Waals surface area (Å²) < 4.78 is 0. The summed E-state index contributed by atoms with van der Waals surface area (Å²) in [7, 11) is 0. The van der Waals surface area contributed by atoms with Crippen molar-refractivity contribution in [1.82, 2.24) is 0 Å². The SMILES string of the molecule is O=C(O)/C(=C\O)c1ccc(Cl)cc1. The van der Waals surface area contributed by atoms with Crippen LogP contribution >= 0.6 is 11.6 Å². The first-order valence-electron chi connectivity index (χ1n) is 3.48. The third-order valence-corrected chi connectivity index (χ3v) is 1.77. The van der Waals surface area contributed by atoms with Crippen molar-refractivity contribution in [3.63, 3.8) is 0 Å². The molecule has 0 saturated heterocycles. The molecule has 0 radical (unpaired) electrons. The molecule has 0 unspecified atom stereocenters. The Hall–Kier alpha value is -1.48. The molecular weight excluding hydrogens is 192 g/mol. The van der Waals surface area contributed by atoms with Gasteiger partial charge in [-0.15, -0.1) is 0 Å². The third-order valence-electron chi connectivity index (χ3n) is 1.51. The van der Waals surface area contributed by atoms with Crippen LogP contribution in [0, 0.1) is 0 Å². The second-order valence-corrected chi connectivity index (χ2v) is 2.79. The number of carboxylic acids is 1. The van der Waals surface area contributed by atoms with Gasteiger partial charge in [-0.05, 0) is 17.7 Å². The number of aliphatic carboxylic acids is 1. The van der Waals surface area contributed by atoms with Crippen molar-refractivity contribution in [1.29, 1.82) is 0 Å². The first-order valence-corrected chi connectivity index (χ1v) is 3.86. The molecule has 0 saturated carbocycles. The molecule has 68 valence electrons. The number of hydrogen-bond donors (Lipinski definition) is 2. The summed E-state index contributed by atoms with van der Waals surface area (Å²) in [5.41, 5.74) is 0.260. The molecule has 0 spiro atoms. The van der Waals surface area contributed by atoms with Crippen molar-refractivity contribution in [2.75, 3.05) is 0 Å². The van der Waals surface area contributed by atoms with Gasteiger partial charge in [0.15, 0.2) is 0 Å². The number of carbonyl (C=O) groups is 1. The summed E-state index contributed by atoms with van der Waals surface area (Å²) in [6, 6.07) is 6.17. The Balaban J connectivity index is 3.07. The van der Waals surface area contributed by atoms with Crippen molar-refractivity contribution < 1.29 is 15.0 Å². The van der Waals surface area contributed by atoms with E-state index in [0.717, 1.165) is 0 Å². The molecule has 0 amide bonds. The molecule has 3 nitrogen and oxygen atoms in total. The fourth-order valence-corrected chi connectivity index (χ4v) is 1.01. The van der Waals surface area contributed by atoms with Crippen LogP contribution in [-0.2, 0) is 4.79 Å². The standard InChI is InChI=1S/C9H7ClO3/c10-7-3-1-6(2-4-7)8(5-11)9(12)13/h1-5,11H,(H,12,13)/b8-5-. The summed E-state index contributed by atoms with van der Waals surface area (Å²) in [6.45, 7) is 0. The maximum Gasteiger partial charge on any atom is 0.339 e.